The molecule has 0 aromatic carbocycles. The summed E-state index contributed by atoms with van der Waals surface area (Å²) in [5, 5.41) is 3.20. The third kappa shape index (κ3) is 2.96. The van der Waals surface area contributed by atoms with Crippen molar-refractivity contribution in [1.29, 1.82) is 0 Å². The Labute approximate surface area is 103 Å². The van der Waals surface area contributed by atoms with E-state index in [1.54, 1.807) is 0 Å². The number of nitrogens with one attached hydrogen (secondary N) is 1. The highest BCUT2D eigenvalue weighted by molar-refractivity contribution is 5.52. The van der Waals surface area contributed by atoms with Gasteiger partial charge in [-0.15, -0.1) is 0 Å². The molecule has 1 saturated heterocycles. The van der Waals surface area contributed by atoms with Crippen molar-refractivity contribution in [2.75, 3.05) is 25.0 Å². The van der Waals surface area contributed by atoms with Crippen molar-refractivity contribution in [2.24, 2.45) is 0 Å². The lowest BCUT2D eigenvalue weighted by atomic mass is 10.1. The molecule has 0 saturated carbocycles. The smallest absolute Gasteiger partial charge is 0.0726 e. The highest BCUT2D eigenvalue weighted by Gasteiger charge is 2.23. The SMILES string of the molecule is CNCc1ccncc1N1C[C@@H](C)O[C@@H](C)C1. The van der Waals surface area contributed by atoms with Gasteiger partial charge in [-0.05, 0) is 32.5 Å². The molecule has 4 nitrogen and oxygen atoms in total. The van der Waals surface area contributed by atoms with Crippen LogP contribution < -0.4 is 10.2 Å². The fraction of sp³-hybridized carbons (Fsp3) is 0.615. The standard InChI is InChI=1S/C13H21N3O/c1-10-8-16(9-11(2)17-10)13-7-15-5-4-12(13)6-14-3/h4-5,7,10-11,14H,6,8-9H2,1-3H3/t10-,11+. The molecule has 1 aromatic heterocycles. The van der Waals surface area contributed by atoms with Crippen molar-refractivity contribution in [3.8, 4) is 0 Å². The molecule has 1 N–H and O–H groups in total. The van der Waals surface area contributed by atoms with Crippen LogP contribution in [0.1, 0.15) is 19.4 Å². The predicted octanol–water partition coefficient (Wildman–Crippen LogP) is 1.41. The van der Waals surface area contributed by atoms with Gasteiger partial charge in [0.05, 0.1) is 24.1 Å². The van der Waals surface area contributed by atoms with Crippen molar-refractivity contribution < 1.29 is 4.74 Å². The Kier molecular flexibility index (Phi) is 3.97. The van der Waals surface area contributed by atoms with Crippen LogP contribution in [0.15, 0.2) is 18.5 Å². The summed E-state index contributed by atoms with van der Waals surface area (Å²) in [6.45, 7) is 6.99. The van der Waals surface area contributed by atoms with Crippen LogP contribution in [0.2, 0.25) is 0 Å². The topological polar surface area (TPSA) is 37.4 Å². The minimum atomic E-state index is 0.279. The Morgan fingerprint density at radius 3 is 2.76 bits per heavy atom. The van der Waals surface area contributed by atoms with E-state index in [0.29, 0.717) is 0 Å². The van der Waals surface area contributed by atoms with Crippen LogP contribution in [0.25, 0.3) is 0 Å². The largest absolute Gasteiger partial charge is 0.372 e. The van der Waals surface area contributed by atoms with Gasteiger partial charge >= 0.3 is 0 Å². The van der Waals surface area contributed by atoms with Gasteiger partial charge in [-0.1, -0.05) is 0 Å². The van der Waals surface area contributed by atoms with Crippen molar-refractivity contribution in [3.05, 3.63) is 24.0 Å². The van der Waals surface area contributed by atoms with E-state index in [0.717, 1.165) is 19.6 Å². The van der Waals surface area contributed by atoms with Crippen molar-refractivity contribution in [2.45, 2.75) is 32.6 Å². The van der Waals surface area contributed by atoms with E-state index in [-0.39, 0.29) is 12.2 Å². The maximum absolute atomic E-state index is 5.76. The molecule has 0 bridgehead atoms. The van der Waals surface area contributed by atoms with E-state index in [1.165, 1.54) is 11.3 Å². The summed E-state index contributed by atoms with van der Waals surface area (Å²) in [4.78, 5) is 6.62. The predicted molar refractivity (Wildman–Crippen MR) is 69.2 cm³/mol. The first kappa shape index (κ1) is 12.3. The summed E-state index contributed by atoms with van der Waals surface area (Å²) in [6, 6.07) is 2.08. The fourth-order valence-electron chi connectivity index (χ4n) is 2.41. The lowest BCUT2D eigenvalue weighted by molar-refractivity contribution is -0.00528. The molecule has 94 valence electrons. The minimum Gasteiger partial charge on any atom is -0.372 e. The van der Waals surface area contributed by atoms with Gasteiger partial charge in [0.2, 0.25) is 0 Å². The van der Waals surface area contributed by atoms with Gasteiger partial charge in [-0.3, -0.25) is 4.98 Å². The molecule has 0 radical (unpaired) electrons. The molecule has 1 fully saturated rings. The number of hydrogen-bond acceptors (Lipinski definition) is 4. The average Bonchev–Trinajstić information content (AvgIpc) is 2.29. The number of pyridine rings is 1. The zero-order chi connectivity index (χ0) is 12.3. The molecule has 1 aromatic rings. The van der Waals surface area contributed by atoms with Crippen LogP contribution in [0, 0.1) is 0 Å². The van der Waals surface area contributed by atoms with Gasteiger partial charge in [0.15, 0.2) is 0 Å². The quantitative estimate of drug-likeness (QED) is 0.859. The van der Waals surface area contributed by atoms with Crippen molar-refractivity contribution in [3.63, 3.8) is 0 Å². The Morgan fingerprint density at radius 2 is 2.12 bits per heavy atom. The van der Waals surface area contributed by atoms with Crippen LogP contribution in [0.3, 0.4) is 0 Å². The third-order valence-electron chi connectivity index (χ3n) is 3.02. The molecule has 0 aliphatic carbocycles. The molecular weight excluding hydrogens is 214 g/mol. The number of nitrogens with zero attached hydrogens (tertiary/aromatic N) is 2. The Hall–Kier alpha value is -1.13. The number of morpholine rings is 1. The maximum Gasteiger partial charge on any atom is 0.0726 e. The molecule has 2 rings (SSSR count). The van der Waals surface area contributed by atoms with Crippen LogP contribution in [0.4, 0.5) is 5.69 Å². The Morgan fingerprint density at radius 1 is 1.41 bits per heavy atom. The monoisotopic (exact) mass is 235 g/mol. The van der Waals surface area contributed by atoms with E-state index in [9.17, 15) is 0 Å². The highest BCUT2D eigenvalue weighted by atomic mass is 16.5. The first-order valence-corrected chi connectivity index (χ1v) is 6.18. The second-order valence-electron chi connectivity index (χ2n) is 4.70. The Bertz CT molecular complexity index is 359. The lowest BCUT2D eigenvalue weighted by Gasteiger charge is -2.37. The normalized spacial score (nSPS) is 25.0. The molecule has 0 spiro atoms. The zero-order valence-electron chi connectivity index (χ0n) is 10.8. The van der Waals surface area contributed by atoms with Gasteiger partial charge in [-0.25, -0.2) is 0 Å². The van der Waals surface area contributed by atoms with Crippen LogP contribution in [-0.2, 0) is 11.3 Å². The molecule has 2 heterocycles. The number of aromatic nitrogens is 1. The summed E-state index contributed by atoms with van der Waals surface area (Å²) < 4.78 is 5.76. The average molecular weight is 235 g/mol. The van der Waals surface area contributed by atoms with E-state index in [4.69, 9.17) is 4.74 Å². The summed E-state index contributed by atoms with van der Waals surface area (Å²) in [5.41, 5.74) is 2.52. The maximum atomic E-state index is 5.76. The summed E-state index contributed by atoms with van der Waals surface area (Å²) in [5.74, 6) is 0. The van der Waals surface area contributed by atoms with E-state index in [2.05, 4.69) is 35.1 Å². The van der Waals surface area contributed by atoms with Crippen LogP contribution >= 0.6 is 0 Å². The number of hydrogen-bond donors (Lipinski definition) is 1. The lowest BCUT2D eigenvalue weighted by Crippen LogP contribution is -2.46. The molecule has 0 unspecified atom stereocenters. The molecule has 4 heteroatoms. The molecule has 2 atom stereocenters. The zero-order valence-corrected chi connectivity index (χ0v) is 10.8. The number of ether oxygens (including phenoxy) is 1. The molecule has 1 aliphatic heterocycles. The van der Waals surface area contributed by atoms with Crippen molar-refractivity contribution in [1.82, 2.24) is 10.3 Å². The third-order valence-corrected chi connectivity index (χ3v) is 3.02. The van der Waals surface area contributed by atoms with Crippen molar-refractivity contribution >= 4 is 5.69 Å². The van der Waals surface area contributed by atoms with Gasteiger partial charge in [0.1, 0.15) is 0 Å². The summed E-state index contributed by atoms with van der Waals surface area (Å²) in [7, 11) is 1.97. The second-order valence-corrected chi connectivity index (χ2v) is 4.70. The minimum absolute atomic E-state index is 0.279. The molecular formula is C13H21N3O. The van der Waals surface area contributed by atoms with E-state index < -0.39 is 0 Å². The van der Waals surface area contributed by atoms with E-state index in [1.807, 2.05) is 19.4 Å². The van der Waals surface area contributed by atoms with E-state index >= 15 is 0 Å². The van der Waals surface area contributed by atoms with Crippen LogP contribution in [-0.4, -0.2) is 37.3 Å². The first-order chi connectivity index (χ1) is 8.20. The number of rotatable bonds is 3. The number of anilines is 1. The van der Waals surface area contributed by atoms with Gasteiger partial charge in [-0.2, -0.15) is 0 Å². The first-order valence-electron chi connectivity index (χ1n) is 6.18. The summed E-state index contributed by atoms with van der Waals surface area (Å²) >= 11 is 0. The summed E-state index contributed by atoms with van der Waals surface area (Å²) in [6.07, 6.45) is 4.36. The van der Waals surface area contributed by atoms with Gasteiger partial charge < -0.3 is 15.0 Å². The molecule has 1 aliphatic rings. The molecule has 0 amide bonds. The van der Waals surface area contributed by atoms with Gasteiger partial charge in [0, 0.05) is 25.8 Å². The fourth-order valence-corrected chi connectivity index (χ4v) is 2.41. The highest BCUT2D eigenvalue weighted by Crippen LogP contribution is 2.23. The Balaban J connectivity index is 2.20. The van der Waals surface area contributed by atoms with Gasteiger partial charge in [0.25, 0.3) is 0 Å². The van der Waals surface area contributed by atoms with Crippen LogP contribution in [0.5, 0.6) is 0 Å². The second kappa shape index (κ2) is 5.47. The molecule has 17 heavy (non-hydrogen) atoms.